The molecule has 1 aromatic heterocycles. The summed E-state index contributed by atoms with van der Waals surface area (Å²) >= 11 is 0. The highest BCUT2D eigenvalue weighted by atomic mass is 19.1. The number of amides is 2. The Balaban J connectivity index is 1.58. The number of carbonyl (C=O) groups excluding carboxylic acids is 2. The van der Waals surface area contributed by atoms with Crippen LogP contribution in [0.1, 0.15) is 41.7 Å². The van der Waals surface area contributed by atoms with Crippen molar-refractivity contribution in [1.29, 1.82) is 0 Å². The first-order valence-corrected chi connectivity index (χ1v) is 10.2. The van der Waals surface area contributed by atoms with Gasteiger partial charge in [0.15, 0.2) is 5.69 Å². The normalized spacial score (nSPS) is 20.7. The summed E-state index contributed by atoms with van der Waals surface area (Å²) in [5.74, 6) is -1.56. The van der Waals surface area contributed by atoms with E-state index >= 15 is 0 Å². The molecule has 1 atom stereocenters. The summed E-state index contributed by atoms with van der Waals surface area (Å²) in [7, 11) is 1.49. The molecule has 164 valence electrons. The van der Waals surface area contributed by atoms with Crippen molar-refractivity contribution in [2.75, 3.05) is 18.0 Å². The van der Waals surface area contributed by atoms with Gasteiger partial charge in [-0.05, 0) is 37.0 Å². The van der Waals surface area contributed by atoms with Gasteiger partial charge in [0.1, 0.15) is 5.82 Å². The number of halogens is 1. The summed E-state index contributed by atoms with van der Waals surface area (Å²) in [4.78, 5) is 43.2. The molecule has 2 aliphatic rings. The number of anilines is 1. The topological polar surface area (TPSA) is 117 Å². The molecule has 10 heteroatoms. The maximum Gasteiger partial charge on any atom is 0.297 e. The summed E-state index contributed by atoms with van der Waals surface area (Å²) in [6, 6.07) is 5.62. The first kappa shape index (κ1) is 20.8. The van der Waals surface area contributed by atoms with Crippen molar-refractivity contribution in [1.82, 2.24) is 20.2 Å². The quantitative estimate of drug-likeness (QED) is 0.662. The standard InChI is InChI=1S/C21H24FN5O4/c1-26-19(31)17(29)16(18(30)23-11-13-3-5-14(22)6-4-13)24-20(26)27-10-2-8-21(12-27)9-7-15(28)25-21/h3-6,29H,2,7-12H2,1H3,(H,23,30)(H,25,28). The molecule has 1 spiro atoms. The number of carbonyl (C=O) groups is 2. The van der Waals surface area contributed by atoms with Crippen LogP contribution in [0.3, 0.4) is 0 Å². The molecule has 2 saturated heterocycles. The average Bonchev–Trinajstić information content (AvgIpc) is 3.11. The van der Waals surface area contributed by atoms with Gasteiger partial charge in [0.05, 0.1) is 5.54 Å². The molecule has 2 fully saturated rings. The minimum Gasteiger partial charge on any atom is -0.501 e. The van der Waals surface area contributed by atoms with E-state index in [0.29, 0.717) is 31.5 Å². The number of aromatic nitrogens is 2. The first-order valence-electron chi connectivity index (χ1n) is 10.2. The lowest BCUT2D eigenvalue weighted by atomic mass is 9.88. The Morgan fingerprint density at radius 1 is 1.29 bits per heavy atom. The van der Waals surface area contributed by atoms with Crippen molar-refractivity contribution in [2.24, 2.45) is 7.05 Å². The van der Waals surface area contributed by atoms with Crippen LogP contribution in [-0.2, 0) is 18.4 Å². The molecule has 0 aliphatic carbocycles. The van der Waals surface area contributed by atoms with E-state index < -0.39 is 17.2 Å². The van der Waals surface area contributed by atoms with E-state index in [0.717, 1.165) is 12.8 Å². The van der Waals surface area contributed by atoms with Crippen LogP contribution in [0.4, 0.5) is 10.3 Å². The zero-order chi connectivity index (χ0) is 22.2. The Kier molecular flexibility index (Phi) is 5.38. The predicted octanol–water partition coefficient (Wildman–Crippen LogP) is 0.804. The van der Waals surface area contributed by atoms with Gasteiger partial charge in [-0.2, -0.15) is 0 Å². The molecule has 0 bridgehead atoms. The van der Waals surface area contributed by atoms with Crippen molar-refractivity contribution in [2.45, 2.75) is 37.8 Å². The Morgan fingerprint density at radius 2 is 2.03 bits per heavy atom. The highest BCUT2D eigenvalue weighted by molar-refractivity contribution is 5.95. The van der Waals surface area contributed by atoms with E-state index in [9.17, 15) is 23.9 Å². The number of hydrogen-bond acceptors (Lipinski definition) is 6. The molecular weight excluding hydrogens is 405 g/mol. The van der Waals surface area contributed by atoms with E-state index in [2.05, 4.69) is 15.6 Å². The second-order valence-electron chi connectivity index (χ2n) is 8.14. The highest BCUT2D eigenvalue weighted by Crippen LogP contribution is 2.32. The monoisotopic (exact) mass is 429 g/mol. The second-order valence-corrected chi connectivity index (χ2v) is 8.14. The van der Waals surface area contributed by atoms with Crippen LogP contribution in [0.5, 0.6) is 5.75 Å². The lowest BCUT2D eigenvalue weighted by molar-refractivity contribution is -0.119. The highest BCUT2D eigenvalue weighted by Gasteiger charge is 2.42. The average molecular weight is 429 g/mol. The molecule has 3 heterocycles. The van der Waals surface area contributed by atoms with Gasteiger partial charge in [-0.3, -0.25) is 19.0 Å². The van der Waals surface area contributed by atoms with Gasteiger partial charge in [-0.25, -0.2) is 9.37 Å². The molecule has 2 aromatic rings. The van der Waals surface area contributed by atoms with Gasteiger partial charge < -0.3 is 20.6 Å². The Morgan fingerprint density at radius 3 is 2.71 bits per heavy atom. The van der Waals surface area contributed by atoms with Crippen molar-refractivity contribution >= 4 is 17.8 Å². The van der Waals surface area contributed by atoms with Crippen LogP contribution in [0.15, 0.2) is 29.1 Å². The number of benzene rings is 1. The summed E-state index contributed by atoms with van der Waals surface area (Å²) in [6.45, 7) is 1.17. The van der Waals surface area contributed by atoms with Crippen molar-refractivity contribution < 1.29 is 19.1 Å². The number of nitrogens with zero attached hydrogens (tertiary/aromatic N) is 3. The van der Waals surface area contributed by atoms with Crippen LogP contribution in [-0.4, -0.2) is 45.1 Å². The third kappa shape index (κ3) is 4.10. The van der Waals surface area contributed by atoms with E-state index in [1.54, 1.807) is 0 Å². The van der Waals surface area contributed by atoms with Gasteiger partial charge in [0.2, 0.25) is 17.6 Å². The van der Waals surface area contributed by atoms with Crippen molar-refractivity contribution in [3.05, 3.63) is 51.7 Å². The van der Waals surface area contributed by atoms with Crippen LogP contribution < -0.4 is 21.1 Å². The lowest BCUT2D eigenvalue weighted by Gasteiger charge is -2.41. The van der Waals surface area contributed by atoms with E-state index in [4.69, 9.17) is 0 Å². The van der Waals surface area contributed by atoms with Crippen LogP contribution in [0, 0.1) is 5.82 Å². The van der Waals surface area contributed by atoms with Crippen molar-refractivity contribution in [3.63, 3.8) is 0 Å². The van der Waals surface area contributed by atoms with Crippen LogP contribution in [0.25, 0.3) is 0 Å². The van der Waals surface area contributed by atoms with Crippen molar-refractivity contribution in [3.8, 4) is 5.75 Å². The van der Waals surface area contributed by atoms with Gasteiger partial charge in [-0.15, -0.1) is 0 Å². The molecular formula is C21H24FN5O4. The molecule has 1 aromatic carbocycles. The second kappa shape index (κ2) is 8.01. The minimum atomic E-state index is -0.733. The van der Waals surface area contributed by atoms with Crippen LogP contribution >= 0.6 is 0 Å². The predicted molar refractivity (Wildman–Crippen MR) is 110 cm³/mol. The van der Waals surface area contributed by atoms with Gasteiger partial charge in [-0.1, -0.05) is 12.1 Å². The Labute approximate surface area is 177 Å². The van der Waals surface area contributed by atoms with E-state index in [1.165, 1.54) is 35.9 Å². The fourth-order valence-corrected chi connectivity index (χ4v) is 4.27. The maximum absolute atomic E-state index is 13.0. The molecule has 3 N–H and O–H groups in total. The zero-order valence-electron chi connectivity index (χ0n) is 17.2. The number of piperidine rings is 1. The Hall–Kier alpha value is -3.43. The number of aromatic hydroxyl groups is 1. The smallest absolute Gasteiger partial charge is 0.297 e. The van der Waals surface area contributed by atoms with Gasteiger partial charge in [0.25, 0.3) is 11.5 Å². The number of hydrogen-bond donors (Lipinski definition) is 3. The molecule has 2 aliphatic heterocycles. The largest absolute Gasteiger partial charge is 0.501 e. The zero-order valence-corrected chi connectivity index (χ0v) is 17.2. The lowest BCUT2D eigenvalue weighted by Crippen LogP contribution is -2.55. The summed E-state index contributed by atoms with van der Waals surface area (Å²) in [5.41, 5.74) is -0.800. The number of nitrogens with one attached hydrogen (secondary N) is 2. The molecule has 31 heavy (non-hydrogen) atoms. The fourth-order valence-electron chi connectivity index (χ4n) is 4.27. The molecule has 0 radical (unpaired) electrons. The molecule has 9 nitrogen and oxygen atoms in total. The van der Waals surface area contributed by atoms with Crippen LogP contribution in [0.2, 0.25) is 0 Å². The Bertz CT molecular complexity index is 1080. The SMILES string of the molecule is Cn1c(N2CCCC3(CCC(=O)N3)C2)nc(C(=O)NCc2ccc(F)cc2)c(O)c1=O. The fraction of sp³-hybridized carbons (Fsp3) is 0.429. The third-order valence-electron chi connectivity index (χ3n) is 5.92. The number of rotatable bonds is 4. The minimum absolute atomic E-state index is 0.00950. The third-order valence-corrected chi connectivity index (χ3v) is 5.92. The van der Waals surface area contributed by atoms with Gasteiger partial charge in [0, 0.05) is 33.1 Å². The summed E-state index contributed by atoms with van der Waals surface area (Å²) in [5, 5.41) is 15.9. The molecule has 0 saturated carbocycles. The first-order chi connectivity index (χ1) is 14.8. The maximum atomic E-state index is 13.0. The van der Waals surface area contributed by atoms with Gasteiger partial charge >= 0.3 is 0 Å². The molecule has 2 amide bonds. The molecule has 4 rings (SSSR count). The molecule has 1 unspecified atom stereocenters. The van der Waals surface area contributed by atoms with E-state index in [1.807, 2.05) is 4.90 Å². The summed E-state index contributed by atoms with van der Waals surface area (Å²) in [6.07, 6.45) is 2.81. The summed E-state index contributed by atoms with van der Waals surface area (Å²) < 4.78 is 14.3. The van der Waals surface area contributed by atoms with E-state index in [-0.39, 0.29) is 35.5 Å².